The lowest BCUT2D eigenvalue weighted by atomic mass is 10.7. The average Bonchev–Trinajstić information content (AvgIpc) is 1.91. The highest BCUT2D eigenvalue weighted by molar-refractivity contribution is 8.70. The Hall–Kier alpha value is -0.150. The van der Waals surface area contributed by atoms with Gasteiger partial charge in [-0.25, -0.2) is 4.99 Å². The van der Waals surface area contributed by atoms with Crippen LogP contribution in [0.15, 0.2) is 28.8 Å². The number of nitrogens with zero attached hydrogens (tertiary/aromatic N) is 1. The van der Waals surface area contributed by atoms with Crippen molar-refractivity contribution in [3.8, 4) is 0 Å². The molecule has 0 amide bonds. The molecular weight excluding hydrogens is 150 g/mol. The highest BCUT2D eigenvalue weighted by Crippen LogP contribution is 2.19. The summed E-state index contributed by atoms with van der Waals surface area (Å²) >= 11 is 3.97. The number of allylic oxidation sites excluding steroid dienone is 2. The lowest BCUT2D eigenvalue weighted by Crippen LogP contribution is -1.65. The minimum absolute atomic E-state index is 0.887. The molecule has 50 valence electrons. The molecule has 0 heterocycles. The maximum atomic E-state index is 3.98. The van der Waals surface area contributed by atoms with Crippen LogP contribution in [-0.4, -0.2) is 6.21 Å². The molecule has 0 aliphatic heterocycles. The van der Waals surface area contributed by atoms with Crippen molar-refractivity contribution >= 4 is 28.7 Å². The number of thiol groups is 1. The van der Waals surface area contributed by atoms with Crippen molar-refractivity contribution in [1.29, 1.82) is 0 Å². The van der Waals surface area contributed by atoms with Crippen molar-refractivity contribution in [3.05, 3.63) is 23.8 Å². The van der Waals surface area contributed by atoms with Crippen LogP contribution < -0.4 is 0 Å². The maximum absolute atomic E-state index is 3.98. The van der Waals surface area contributed by atoms with Crippen LogP contribution >= 0.6 is 22.5 Å². The van der Waals surface area contributed by atoms with Crippen LogP contribution in [0.25, 0.3) is 0 Å². The van der Waals surface area contributed by atoms with Crippen LogP contribution in [0.5, 0.6) is 0 Å². The Labute approximate surface area is 64.8 Å². The molecule has 0 N–H and O–H groups in total. The molecule has 3 heteroatoms. The molecule has 0 spiro atoms. The Kier molecular flexibility index (Phi) is 5.88. The standard InChI is InChI=1S/C6H9NS2/c1-3-5-7-6(4-2)9-8/h3-5,8H,1H2,2H3/b6-4+,7-5-. The summed E-state index contributed by atoms with van der Waals surface area (Å²) < 4.78 is 0. The molecule has 0 fully saturated rings. The van der Waals surface area contributed by atoms with Gasteiger partial charge in [0.25, 0.3) is 0 Å². The predicted molar refractivity (Wildman–Crippen MR) is 49.0 cm³/mol. The Bertz CT molecular complexity index is 138. The van der Waals surface area contributed by atoms with Crippen molar-refractivity contribution in [2.75, 3.05) is 0 Å². The number of aliphatic imine (C=N–C) groups is 1. The zero-order valence-corrected chi connectivity index (χ0v) is 6.95. The second-order valence-corrected chi connectivity index (χ2v) is 2.38. The predicted octanol–water partition coefficient (Wildman–Crippen LogP) is 2.68. The number of hydrogen-bond donors (Lipinski definition) is 1. The van der Waals surface area contributed by atoms with Gasteiger partial charge in [-0.1, -0.05) is 18.7 Å². The summed E-state index contributed by atoms with van der Waals surface area (Å²) in [5, 5.41) is 0.887. The third-order valence-electron chi connectivity index (χ3n) is 0.648. The molecule has 0 rings (SSSR count). The summed E-state index contributed by atoms with van der Waals surface area (Å²) in [4.78, 5) is 3.98. The molecule has 0 aliphatic rings. The summed E-state index contributed by atoms with van der Waals surface area (Å²) in [5.41, 5.74) is 0. The molecule has 0 unspecified atom stereocenters. The summed E-state index contributed by atoms with van der Waals surface area (Å²) in [6.07, 6.45) is 5.16. The second kappa shape index (κ2) is 5.98. The molecule has 1 nitrogen and oxygen atoms in total. The van der Waals surface area contributed by atoms with Gasteiger partial charge in [0.05, 0.1) is 0 Å². The molecule has 0 aromatic heterocycles. The van der Waals surface area contributed by atoms with Crippen LogP contribution in [0.4, 0.5) is 0 Å². The molecule has 0 aliphatic carbocycles. The van der Waals surface area contributed by atoms with Crippen LogP contribution in [0.1, 0.15) is 6.92 Å². The van der Waals surface area contributed by atoms with E-state index in [0.717, 1.165) is 5.03 Å². The van der Waals surface area contributed by atoms with Gasteiger partial charge in [0.15, 0.2) is 0 Å². The van der Waals surface area contributed by atoms with Gasteiger partial charge in [-0.2, -0.15) is 0 Å². The Morgan fingerprint density at radius 2 is 2.44 bits per heavy atom. The Balaban J connectivity index is 3.84. The van der Waals surface area contributed by atoms with Gasteiger partial charge in [0, 0.05) is 6.21 Å². The van der Waals surface area contributed by atoms with Crippen LogP contribution in [0.3, 0.4) is 0 Å². The van der Waals surface area contributed by atoms with E-state index in [1.807, 2.05) is 13.0 Å². The molecule has 0 aromatic rings. The van der Waals surface area contributed by atoms with Crippen LogP contribution in [0.2, 0.25) is 0 Å². The lowest BCUT2D eigenvalue weighted by Gasteiger charge is -1.88. The molecule has 0 saturated carbocycles. The summed E-state index contributed by atoms with van der Waals surface area (Å²) in [5.74, 6) is 0. The second-order valence-electron chi connectivity index (χ2n) is 1.23. The van der Waals surface area contributed by atoms with Crippen LogP contribution in [0, 0.1) is 0 Å². The number of hydrogen-bond acceptors (Lipinski definition) is 3. The van der Waals surface area contributed by atoms with Crippen LogP contribution in [-0.2, 0) is 0 Å². The normalized spacial score (nSPS) is 12.4. The third-order valence-corrected chi connectivity index (χ3v) is 1.74. The smallest absolute Gasteiger partial charge is 0.102 e. The van der Waals surface area contributed by atoms with E-state index in [2.05, 4.69) is 23.2 Å². The summed E-state index contributed by atoms with van der Waals surface area (Å²) in [7, 11) is 1.32. The third kappa shape index (κ3) is 4.36. The average molecular weight is 159 g/mol. The van der Waals surface area contributed by atoms with E-state index in [9.17, 15) is 0 Å². The highest BCUT2D eigenvalue weighted by atomic mass is 33.1. The van der Waals surface area contributed by atoms with E-state index >= 15 is 0 Å². The SMILES string of the molecule is C=C/C=N\C(=C/C)SS. The van der Waals surface area contributed by atoms with Crippen molar-refractivity contribution < 1.29 is 0 Å². The minimum Gasteiger partial charge on any atom is -0.249 e. The first kappa shape index (κ1) is 8.85. The molecule has 0 atom stereocenters. The molecular formula is C6H9NS2. The molecule has 0 aromatic carbocycles. The van der Waals surface area contributed by atoms with E-state index in [-0.39, 0.29) is 0 Å². The van der Waals surface area contributed by atoms with Gasteiger partial charge in [-0.15, -0.1) is 11.7 Å². The van der Waals surface area contributed by atoms with E-state index in [1.165, 1.54) is 10.8 Å². The fraction of sp³-hybridized carbons (Fsp3) is 0.167. The lowest BCUT2D eigenvalue weighted by molar-refractivity contribution is 1.51. The first-order chi connectivity index (χ1) is 4.35. The number of rotatable bonds is 3. The van der Waals surface area contributed by atoms with E-state index in [4.69, 9.17) is 0 Å². The van der Waals surface area contributed by atoms with Gasteiger partial charge in [-0.3, -0.25) is 0 Å². The minimum atomic E-state index is 0.887. The monoisotopic (exact) mass is 159 g/mol. The highest BCUT2D eigenvalue weighted by Gasteiger charge is 1.83. The Morgan fingerprint density at radius 1 is 1.78 bits per heavy atom. The largest absolute Gasteiger partial charge is 0.249 e. The molecule has 9 heavy (non-hydrogen) atoms. The van der Waals surface area contributed by atoms with Gasteiger partial charge in [0.2, 0.25) is 0 Å². The zero-order chi connectivity index (χ0) is 7.11. The summed E-state index contributed by atoms with van der Waals surface area (Å²) in [6.45, 7) is 5.41. The first-order valence-corrected chi connectivity index (χ1v) is 4.34. The fourth-order valence-corrected chi connectivity index (χ4v) is 0.948. The van der Waals surface area contributed by atoms with Crippen molar-refractivity contribution in [2.45, 2.75) is 6.92 Å². The molecule has 0 bridgehead atoms. The topological polar surface area (TPSA) is 12.4 Å². The first-order valence-electron chi connectivity index (χ1n) is 2.48. The van der Waals surface area contributed by atoms with Crippen molar-refractivity contribution in [3.63, 3.8) is 0 Å². The van der Waals surface area contributed by atoms with E-state index in [1.54, 1.807) is 12.3 Å². The van der Waals surface area contributed by atoms with Gasteiger partial charge < -0.3 is 0 Å². The zero-order valence-electron chi connectivity index (χ0n) is 5.24. The van der Waals surface area contributed by atoms with Gasteiger partial charge in [0.1, 0.15) is 5.03 Å². The molecule has 0 saturated heterocycles. The van der Waals surface area contributed by atoms with Crippen molar-refractivity contribution in [2.24, 2.45) is 4.99 Å². The van der Waals surface area contributed by atoms with Gasteiger partial charge >= 0.3 is 0 Å². The van der Waals surface area contributed by atoms with E-state index in [0.29, 0.717) is 0 Å². The fourth-order valence-electron chi connectivity index (χ4n) is 0.277. The van der Waals surface area contributed by atoms with Crippen molar-refractivity contribution in [1.82, 2.24) is 0 Å². The van der Waals surface area contributed by atoms with Gasteiger partial charge in [-0.05, 0) is 17.7 Å². The quantitative estimate of drug-likeness (QED) is 0.379. The molecule has 0 radical (unpaired) electrons. The maximum Gasteiger partial charge on any atom is 0.102 e. The summed E-state index contributed by atoms with van der Waals surface area (Å²) in [6, 6.07) is 0. The Morgan fingerprint density at radius 3 is 2.78 bits per heavy atom. The van der Waals surface area contributed by atoms with E-state index < -0.39 is 0 Å².